The lowest BCUT2D eigenvalue weighted by Gasteiger charge is -2.09. The second-order valence-corrected chi connectivity index (χ2v) is 5.73. The van der Waals surface area contributed by atoms with Gasteiger partial charge in [0.15, 0.2) is 5.16 Å². The molecule has 0 unspecified atom stereocenters. The lowest BCUT2D eigenvalue weighted by molar-refractivity contribution is 0.876. The minimum Gasteiger partial charge on any atom is -0.245 e. The average molecular weight is 284 g/mol. The van der Waals surface area contributed by atoms with Crippen LogP contribution in [0, 0.1) is 45.9 Å². The molecule has 0 spiro atoms. The maximum absolute atomic E-state index is 9.28. The number of pyridine rings is 1. The van der Waals surface area contributed by atoms with E-state index in [1.54, 1.807) is 0 Å². The maximum atomic E-state index is 9.28. The van der Waals surface area contributed by atoms with Crippen LogP contribution in [0.2, 0.25) is 0 Å². The molecule has 0 amide bonds. The van der Waals surface area contributed by atoms with Crippen LogP contribution in [0.4, 0.5) is 0 Å². The summed E-state index contributed by atoms with van der Waals surface area (Å²) in [6, 6.07) is 4.12. The summed E-state index contributed by atoms with van der Waals surface area (Å²) in [6.45, 7) is 9.78. The molecule has 0 atom stereocenters. The van der Waals surface area contributed by atoms with E-state index in [2.05, 4.69) is 21.0 Å². The Morgan fingerprint density at radius 1 is 1.00 bits per heavy atom. The van der Waals surface area contributed by atoms with Crippen LogP contribution < -0.4 is 0 Å². The van der Waals surface area contributed by atoms with E-state index >= 15 is 0 Å². The van der Waals surface area contributed by atoms with Crippen LogP contribution in [0.1, 0.15) is 33.8 Å². The van der Waals surface area contributed by atoms with E-state index in [-0.39, 0.29) is 0 Å². The first-order chi connectivity index (χ1) is 9.42. The average Bonchev–Trinajstić information content (AvgIpc) is 2.35. The molecule has 0 saturated heterocycles. The Labute approximate surface area is 123 Å². The molecule has 0 aliphatic rings. The summed E-state index contributed by atoms with van der Waals surface area (Å²) in [6.07, 6.45) is 0. The number of aryl methyl sites for hydroxylation is 4. The molecule has 0 fully saturated rings. The Hall–Kier alpha value is -1.93. The number of hydrogen-bond acceptors (Lipinski definition) is 5. The summed E-state index contributed by atoms with van der Waals surface area (Å²) < 4.78 is 0. The smallest absolute Gasteiger partial charge is 0.194 e. The molecule has 0 N–H and O–H groups in total. The van der Waals surface area contributed by atoms with E-state index in [0.29, 0.717) is 15.7 Å². The van der Waals surface area contributed by atoms with Gasteiger partial charge in [0.05, 0.1) is 5.56 Å². The topological polar surface area (TPSA) is 62.5 Å². The van der Waals surface area contributed by atoms with E-state index in [4.69, 9.17) is 0 Å². The van der Waals surface area contributed by atoms with E-state index in [9.17, 15) is 5.26 Å². The lowest BCUT2D eigenvalue weighted by atomic mass is 10.1. The van der Waals surface area contributed by atoms with Crippen molar-refractivity contribution in [3.63, 3.8) is 0 Å². The minimum atomic E-state index is 0.597. The third-order valence-corrected chi connectivity index (χ3v) is 4.08. The third kappa shape index (κ3) is 2.81. The van der Waals surface area contributed by atoms with Crippen LogP contribution in [0.5, 0.6) is 0 Å². The number of nitriles is 1. The molecule has 5 heteroatoms. The molecule has 0 saturated carbocycles. The molecule has 0 aliphatic carbocycles. The monoisotopic (exact) mass is 284 g/mol. The Bertz CT molecular complexity index is 694. The van der Waals surface area contributed by atoms with E-state index in [1.807, 2.05) is 40.7 Å². The zero-order valence-corrected chi connectivity index (χ0v) is 13.1. The second-order valence-electron chi connectivity index (χ2n) is 4.78. The van der Waals surface area contributed by atoms with Crippen LogP contribution in [0.3, 0.4) is 0 Å². The zero-order valence-electron chi connectivity index (χ0n) is 12.3. The van der Waals surface area contributed by atoms with Crippen LogP contribution in [0.25, 0.3) is 0 Å². The van der Waals surface area contributed by atoms with Crippen LogP contribution in [-0.2, 0) is 0 Å². The molecule has 2 rings (SSSR count). The highest BCUT2D eigenvalue weighted by atomic mass is 32.2. The normalized spacial score (nSPS) is 10.4. The highest BCUT2D eigenvalue weighted by Gasteiger charge is 2.13. The number of nitrogens with zero attached hydrogens (tertiary/aromatic N) is 4. The van der Waals surface area contributed by atoms with Gasteiger partial charge in [0.2, 0.25) is 0 Å². The van der Waals surface area contributed by atoms with Gasteiger partial charge in [0, 0.05) is 17.1 Å². The molecule has 0 bridgehead atoms. The predicted molar refractivity (Wildman–Crippen MR) is 78.8 cm³/mol. The van der Waals surface area contributed by atoms with Gasteiger partial charge >= 0.3 is 0 Å². The summed E-state index contributed by atoms with van der Waals surface area (Å²) >= 11 is 1.35. The minimum absolute atomic E-state index is 0.597. The van der Waals surface area contributed by atoms with Gasteiger partial charge in [-0.05, 0) is 63.6 Å². The van der Waals surface area contributed by atoms with Gasteiger partial charge in [0.25, 0.3) is 0 Å². The molecular weight excluding hydrogens is 268 g/mol. The maximum Gasteiger partial charge on any atom is 0.194 e. The lowest BCUT2D eigenvalue weighted by Crippen LogP contribution is -2.00. The third-order valence-electron chi connectivity index (χ3n) is 3.22. The van der Waals surface area contributed by atoms with Crippen molar-refractivity contribution >= 4 is 11.8 Å². The number of aromatic nitrogens is 3. The predicted octanol–water partition coefficient (Wildman–Crippen LogP) is 3.44. The van der Waals surface area contributed by atoms with E-state index < -0.39 is 0 Å². The SMILES string of the molecule is Cc1cc(C)c(C#N)c(Sc2nc(C)c(C)c(C)n2)n1. The Morgan fingerprint density at radius 2 is 1.60 bits per heavy atom. The summed E-state index contributed by atoms with van der Waals surface area (Å²) in [5.74, 6) is 0. The van der Waals surface area contributed by atoms with E-state index in [0.717, 1.165) is 28.2 Å². The van der Waals surface area contributed by atoms with Gasteiger partial charge in [-0.1, -0.05) is 0 Å². The molecule has 2 aromatic heterocycles. The highest BCUT2D eigenvalue weighted by Crippen LogP contribution is 2.29. The van der Waals surface area contributed by atoms with Gasteiger partial charge in [-0.2, -0.15) is 5.26 Å². The largest absolute Gasteiger partial charge is 0.245 e. The Kier molecular flexibility index (Phi) is 4.05. The van der Waals surface area contributed by atoms with Crippen molar-refractivity contribution in [1.29, 1.82) is 5.26 Å². The molecule has 20 heavy (non-hydrogen) atoms. The molecule has 0 aliphatic heterocycles. The molecule has 4 nitrogen and oxygen atoms in total. The molecule has 0 aromatic carbocycles. The summed E-state index contributed by atoms with van der Waals surface area (Å²) in [5.41, 5.74) is 5.45. The van der Waals surface area contributed by atoms with Crippen molar-refractivity contribution in [2.75, 3.05) is 0 Å². The van der Waals surface area contributed by atoms with Gasteiger partial charge in [-0.25, -0.2) is 15.0 Å². The summed E-state index contributed by atoms with van der Waals surface area (Å²) in [5, 5.41) is 10.6. The second kappa shape index (κ2) is 5.59. The fourth-order valence-electron chi connectivity index (χ4n) is 1.89. The van der Waals surface area contributed by atoms with Crippen molar-refractivity contribution in [1.82, 2.24) is 15.0 Å². The number of hydrogen-bond donors (Lipinski definition) is 0. The van der Waals surface area contributed by atoms with Gasteiger partial charge in [-0.3, -0.25) is 0 Å². The first-order valence-electron chi connectivity index (χ1n) is 6.30. The summed E-state index contributed by atoms with van der Waals surface area (Å²) in [4.78, 5) is 13.4. The van der Waals surface area contributed by atoms with Gasteiger partial charge in [-0.15, -0.1) is 0 Å². The molecule has 0 radical (unpaired) electrons. The zero-order chi connectivity index (χ0) is 14.9. The van der Waals surface area contributed by atoms with Crippen LogP contribution in [-0.4, -0.2) is 15.0 Å². The Morgan fingerprint density at radius 3 is 2.15 bits per heavy atom. The van der Waals surface area contributed by atoms with Crippen molar-refractivity contribution in [2.45, 2.75) is 44.8 Å². The van der Waals surface area contributed by atoms with Crippen LogP contribution in [0.15, 0.2) is 16.2 Å². The molecule has 2 heterocycles. The van der Waals surface area contributed by atoms with Crippen molar-refractivity contribution in [3.8, 4) is 6.07 Å². The summed E-state index contributed by atoms with van der Waals surface area (Å²) in [7, 11) is 0. The highest BCUT2D eigenvalue weighted by molar-refractivity contribution is 7.99. The molecule has 2 aromatic rings. The fraction of sp³-hybridized carbons (Fsp3) is 0.333. The van der Waals surface area contributed by atoms with Gasteiger partial charge in [0.1, 0.15) is 11.1 Å². The number of rotatable bonds is 2. The quantitative estimate of drug-likeness (QED) is 0.790. The standard InChI is InChI=1S/C15H16N4S/c1-8-6-9(2)17-14(13(8)7-16)20-15-18-11(4)10(3)12(5)19-15/h6H,1-5H3. The fourth-order valence-corrected chi connectivity index (χ4v) is 2.92. The molecule has 102 valence electrons. The van der Waals surface area contributed by atoms with Crippen molar-refractivity contribution < 1.29 is 0 Å². The van der Waals surface area contributed by atoms with Crippen molar-refractivity contribution in [3.05, 3.63) is 39.8 Å². The first kappa shape index (κ1) is 14.5. The van der Waals surface area contributed by atoms with E-state index in [1.165, 1.54) is 11.8 Å². The first-order valence-corrected chi connectivity index (χ1v) is 7.12. The Balaban J connectivity index is 2.48. The van der Waals surface area contributed by atoms with Crippen molar-refractivity contribution in [2.24, 2.45) is 0 Å². The molecular formula is C15H16N4S. The van der Waals surface area contributed by atoms with Crippen LogP contribution >= 0.6 is 11.8 Å². The van der Waals surface area contributed by atoms with Gasteiger partial charge < -0.3 is 0 Å².